The third kappa shape index (κ3) is 5.79. The number of carbonyl (C=O) groups excluding carboxylic acids is 1. The van der Waals surface area contributed by atoms with E-state index in [4.69, 9.17) is 4.74 Å². The number of amides is 1. The molecule has 0 aliphatic heterocycles. The Kier molecular flexibility index (Phi) is 6.90. The highest BCUT2D eigenvalue weighted by atomic mass is 79.9. The van der Waals surface area contributed by atoms with E-state index in [0.29, 0.717) is 4.47 Å². The molecular formula is C18H19BrF2N2O2. The minimum atomic E-state index is -0.548. The fourth-order valence-electron chi connectivity index (χ4n) is 2.31. The number of nitrogens with zero attached hydrogens (tertiary/aromatic N) is 1. The second-order valence-electron chi connectivity index (χ2n) is 5.70. The minimum absolute atomic E-state index is 0.00707. The van der Waals surface area contributed by atoms with Crippen molar-refractivity contribution >= 4 is 21.8 Å². The van der Waals surface area contributed by atoms with E-state index < -0.39 is 5.82 Å². The summed E-state index contributed by atoms with van der Waals surface area (Å²) in [6.45, 7) is -0.0245. The van der Waals surface area contributed by atoms with E-state index in [9.17, 15) is 13.6 Å². The summed E-state index contributed by atoms with van der Waals surface area (Å²) in [5.41, 5.74) is 0.755. The number of benzene rings is 2. The van der Waals surface area contributed by atoms with Crippen molar-refractivity contribution in [3.8, 4) is 5.75 Å². The lowest BCUT2D eigenvalue weighted by molar-refractivity contribution is -0.123. The molecule has 0 saturated heterocycles. The number of rotatable bonds is 7. The zero-order valence-electron chi connectivity index (χ0n) is 13.9. The Balaban J connectivity index is 1.91. The summed E-state index contributed by atoms with van der Waals surface area (Å²) in [5.74, 6) is -1.25. The van der Waals surface area contributed by atoms with Crippen molar-refractivity contribution in [1.29, 1.82) is 0 Å². The molecule has 0 fully saturated rings. The van der Waals surface area contributed by atoms with E-state index in [1.807, 2.05) is 19.0 Å². The summed E-state index contributed by atoms with van der Waals surface area (Å²) in [5, 5.41) is 2.72. The van der Waals surface area contributed by atoms with Crippen LogP contribution >= 0.6 is 15.9 Å². The van der Waals surface area contributed by atoms with Gasteiger partial charge in [0.2, 0.25) is 0 Å². The Labute approximate surface area is 153 Å². The van der Waals surface area contributed by atoms with Gasteiger partial charge >= 0.3 is 0 Å². The predicted molar refractivity (Wildman–Crippen MR) is 95.4 cm³/mol. The van der Waals surface area contributed by atoms with Gasteiger partial charge in [-0.05, 0) is 50.0 Å². The lowest BCUT2D eigenvalue weighted by Crippen LogP contribution is -2.37. The van der Waals surface area contributed by atoms with Crippen LogP contribution in [0.2, 0.25) is 0 Å². The van der Waals surface area contributed by atoms with Crippen LogP contribution in [0.1, 0.15) is 11.6 Å². The average molecular weight is 413 g/mol. The standard InChI is InChI=1S/C18H19BrF2N2O2/c1-23(2)16(12-4-3-5-14(20)8-12)10-22-18(24)11-25-17-7-6-13(19)9-15(17)21/h3-9,16H,10-11H2,1-2H3,(H,22,24). The number of hydrogen-bond donors (Lipinski definition) is 1. The monoisotopic (exact) mass is 412 g/mol. The van der Waals surface area contributed by atoms with Gasteiger partial charge in [-0.3, -0.25) is 4.79 Å². The molecule has 0 aliphatic carbocycles. The molecule has 2 aromatic carbocycles. The first kappa shape index (κ1) is 19.3. The van der Waals surface area contributed by atoms with Crippen molar-refractivity contribution in [3.63, 3.8) is 0 Å². The highest BCUT2D eigenvalue weighted by Crippen LogP contribution is 2.21. The molecule has 2 rings (SSSR count). The van der Waals surface area contributed by atoms with E-state index in [-0.39, 0.29) is 36.7 Å². The first-order chi connectivity index (χ1) is 11.9. The molecule has 0 saturated carbocycles. The van der Waals surface area contributed by atoms with Crippen molar-refractivity contribution in [3.05, 3.63) is 64.1 Å². The Morgan fingerprint density at radius 2 is 2.00 bits per heavy atom. The summed E-state index contributed by atoms with van der Waals surface area (Å²) in [4.78, 5) is 13.8. The topological polar surface area (TPSA) is 41.6 Å². The maximum Gasteiger partial charge on any atom is 0.258 e. The van der Waals surface area contributed by atoms with Crippen LogP contribution in [0.5, 0.6) is 5.75 Å². The fourth-order valence-corrected chi connectivity index (χ4v) is 2.64. The largest absolute Gasteiger partial charge is 0.481 e. The molecule has 7 heteroatoms. The van der Waals surface area contributed by atoms with Crippen LogP contribution in [0.15, 0.2) is 46.9 Å². The molecule has 0 aliphatic rings. The van der Waals surface area contributed by atoms with Crippen molar-refractivity contribution in [2.75, 3.05) is 27.2 Å². The number of likely N-dealkylation sites (N-methyl/N-ethyl adjacent to an activating group) is 1. The third-order valence-corrected chi connectivity index (χ3v) is 4.10. The highest BCUT2D eigenvalue weighted by molar-refractivity contribution is 9.10. The third-order valence-electron chi connectivity index (χ3n) is 3.60. The lowest BCUT2D eigenvalue weighted by atomic mass is 10.1. The molecule has 1 N–H and O–H groups in total. The number of carbonyl (C=O) groups is 1. The molecule has 1 amide bonds. The summed E-state index contributed by atoms with van der Waals surface area (Å²) >= 11 is 3.15. The predicted octanol–water partition coefficient (Wildman–Crippen LogP) is 3.53. The Morgan fingerprint density at radius 1 is 1.24 bits per heavy atom. The van der Waals surface area contributed by atoms with E-state index in [2.05, 4.69) is 21.2 Å². The average Bonchev–Trinajstić information content (AvgIpc) is 2.54. The number of ether oxygens (including phenoxy) is 1. The Hall–Kier alpha value is -1.99. The van der Waals surface area contributed by atoms with Gasteiger partial charge in [-0.2, -0.15) is 0 Å². The van der Waals surface area contributed by atoms with Gasteiger partial charge in [-0.25, -0.2) is 8.78 Å². The van der Waals surface area contributed by atoms with Crippen molar-refractivity contribution in [1.82, 2.24) is 10.2 Å². The maximum atomic E-state index is 13.7. The fraction of sp³-hybridized carbons (Fsp3) is 0.278. The van der Waals surface area contributed by atoms with E-state index in [1.165, 1.54) is 24.3 Å². The molecule has 4 nitrogen and oxygen atoms in total. The zero-order chi connectivity index (χ0) is 18.4. The van der Waals surface area contributed by atoms with Gasteiger partial charge in [0.1, 0.15) is 5.82 Å². The number of hydrogen-bond acceptors (Lipinski definition) is 3. The van der Waals surface area contributed by atoms with Crippen LogP contribution in [-0.4, -0.2) is 38.1 Å². The maximum absolute atomic E-state index is 13.7. The van der Waals surface area contributed by atoms with Crippen LogP contribution in [0.4, 0.5) is 8.78 Å². The van der Waals surface area contributed by atoms with Gasteiger partial charge in [0.25, 0.3) is 5.91 Å². The van der Waals surface area contributed by atoms with Gasteiger partial charge in [-0.1, -0.05) is 28.1 Å². The molecule has 0 spiro atoms. The van der Waals surface area contributed by atoms with Gasteiger partial charge in [0.15, 0.2) is 18.2 Å². The number of nitrogens with one attached hydrogen (secondary N) is 1. The smallest absolute Gasteiger partial charge is 0.258 e. The second-order valence-corrected chi connectivity index (χ2v) is 6.62. The van der Waals surface area contributed by atoms with Crippen molar-refractivity contribution in [2.45, 2.75) is 6.04 Å². The molecule has 2 aromatic rings. The molecule has 0 aromatic heterocycles. The van der Waals surface area contributed by atoms with Gasteiger partial charge in [0.05, 0.1) is 6.04 Å². The van der Waals surface area contributed by atoms with E-state index in [0.717, 1.165) is 5.56 Å². The van der Waals surface area contributed by atoms with Crippen LogP contribution in [0.25, 0.3) is 0 Å². The molecule has 0 bridgehead atoms. The molecule has 134 valence electrons. The van der Waals surface area contributed by atoms with Gasteiger partial charge in [0, 0.05) is 11.0 Å². The van der Waals surface area contributed by atoms with Crippen molar-refractivity contribution < 1.29 is 18.3 Å². The first-order valence-electron chi connectivity index (χ1n) is 7.63. The molecular weight excluding hydrogens is 394 g/mol. The van der Waals surface area contributed by atoms with Crippen LogP contribution in [0.3, 0.4) is 0 Å². The minimum Gasteiger partial charge on any atom is -0.481 e. The van der Waals surface area contributed by atoms with Gasteiger partial charge < -0.3 is 15.0 Å². The molecule has 1 unspecified atom stereocenters. The van der Waals surface area contributed by atoms with Crippen LogP contribution in [-0.2, 0) is 4.79 Å². The lowest BCUT2D eigenvalue weighted by Gasteiger charge is -2.25. The molecule has 0 heterocycles. The second kappa shape index (κ2) is 8.92. The Morgan fingerprint density at radius 3 is 2.64 bits per heavy atom. The first-order valence-corrected chi connectivity index (χ1v) is 8.42. The van der Waals surface area contributed by atoms with Crippen LogP contribution < -0.4 is 10.1 Å². The summed E-state index contributed by atoms with van der Waals surface area (Å²) < 4.78 is 32.8. The number of halogens is 3. The summed E-state index contributed by atoms with van der Waals surface area (Å²) in [6, 6.07) is 10.4. The Bertz CT molecular complexity index is 741. The molecule has 1 atom stereocenters. The van der Waals surface area contributed by atoms with Crippen molar-refractivity contribution in [2.24, 2.45) is 0 Å². The quantitative estimate of drug-likeness (QED) is 0.756. The molecule has 25 heavy (non-hydrogen) atoms. The highest BCUT2D eigenvalue weighted by Gasteiger charge is 2.16. The molecule has 0 radical (unpaired) electrons. The van der Waals surface area contributed by atoms with E-state index in [1.54, 1.807) is 18.2 Å². The van der Waals surface area contributed by atoms with Crippen LogP contribution in [0, 0.1) is 11.6 Å². The summed E-state index contributed by atoms with van der Waals surface area (Å²) in [6.07, 6.45) is 0. The van der Waals surface area contributed by atoms with Gasteiger partial charge in [-0.15, -0.1) is 0 Å². The van der Waals surface area contributed by atoms with E-state index >= 15 is 0 Å². The zero-order valence-corrected chi connectivity index (χ0v) is 15.5. The SMILES string of the molecule is CN(C)C(CNC(=O)COc1ccc(Br)cc1F)c1cccc(F)c1. The summed E-state index contributed by atoms with van der Waals surface area (Å²) in [7, 11) is 3.69. The normalized spacial score (nSPS) is 12.1.